The van der Waals surface area contributed by atoms with Crippen molar-refractivity contribution in [2.75, 3.05) is 26.8 Å². The first kappa shape index (κ1) is 28.7. The highest BCUT2D eigenvalue weighted by Gasteiger charge is 2.38. The molecule has 1 fully saturated rings. The number of nitrogens with one attached hydrogen (secondary N) is 1. The van der Waals surface area contributed by atoms with E-state index in [1.807, 2.05) is 30.3 Å². The van der Waals surface area contributed by atoms with Gasteiger partial charge in [0.15, 0.2) is 17.4 Å². The quantitative estimate of drug-likeness (QED) is 0.174. The zero-order chi connectivity index (χ0) is 28.9. The van der Waals surface area contributed by atoms with Gasteiger partial charge in [-0.2, -0.15) is 4.39 Å². The van der Waals surface area contributed by atoms with E-state index in [2.05, 4.69) is 5.32 Å². The average Bonchev–Trinajstić information content (AvgIpc) is 3.84. The summed E-state index contributed by atoms with van der Waals surface area (Å²) in [6.45, 7) is 1.33. The normalized spacial score (nSPS) is 16.7. The van der Waals surface area contributed by atoms with Gasteiger partial charge < -0.3 is 19.7 Å². The molecule has 5 rings (SSSR count). The van der Waals surface area contributed by atoms with Crippen LogP contribution < -0.4 is 14.8 Å². The predicted molar refractivity (Wildman–Crippen MR) is 147 cm³/mol. The van der Waals surface area contributed by atoms with E-state index in [0.29, 0.717) is 37.2 Å². The molecule has 1 aliphatic heterocycles. The van der Waals surface area contributed by atoms with Crippen LogP contribution in [0.5, 0.6) is 11.5 Å². The van der Waals surface area contributed by atoms with Crippen LogP contribution in [0, 0.1) is 29.2 Å². The second-order valence-corrected chi connectivity index (χ2v) is 10.3. The van der Waals surface area contributed by atoms with Crippen LogP contribution >= 0.6 is 0 Å². The standard InChI is InChI=1S/C32H32F4N2O3/c1-40-24-10-11-27(33)22(17-24)19-38(23-8-9-23)32(39)26-18-37-15-14-25(26)21-6-4-20(5-7-21)3-2-16-41-31-29(35)13-12-28(34)30(31)36/h4-7,10-14,17,23,26,37H,2-3,8-9,15-16,18-19H2,1H3. The summed E-state index contributed by atoms with van der Waals surface area (Å²) >= 11 is 0. The van der Waals surface area contributed by atoms with Crippen LogP contribution in [0.15, 0.2) is 60.7 Å². The Bertz CT molecular complexity index is 1420. The van der Waals surface area contributed by atoms with Gasteiger partial charge in [-0.15, -0.1) is 0 Å². The highest BCUT2D eigenvalue weighted by Crippen LogP contribution is 2.35. The van der Waals surface area contributed by atoms with Crippen molar-refractivity contribution in [3.05, 3.63) is 101 Å². The molecule has 1 atom stereocenters. The Morgan fingerprint density at radius 3 is 2.44 bits per heavy atom. The Labute approximate surface area is 236 Å². The van der Waals surface area contributed by atoms with Gasteiger partial charge in [0.1, 0.15) is 11.6 Å². The van der Waals surface area contributed by atoms with Crippen LogP contribution in [0.2, 0.25) is 0 Å². The second kappa shape index (κ2) is 12.8. The van der Waals surface area contributed by atoms with Gasteiger partial charge in [-0.05, 0) is 72.7 Å². The third kappa shape index (κ3) is 6.73. The van der Waals surface area contributed by atoms with Gasteiger partial charge in [0.25, 0.3) is 0 Å². The Morgan fingerprint density at radius 2 is 1.71 bits per heavy atom. The fourth-order valence-corrected chi connectivity index (χ4v) is 5.11. The van der Waals surface area contributed by atoms with E-state index in [9.17, 15) is 22.4 Å². The number of halogens is 4. The lowest BCUT2D eigenvalue weighted by molar-refractivity contribution is -0.134. The largest absolute Gasteiger partial charge is 0.497 e. The molecule has 216 valence electrons. The van der Waals surface area contributed by atoms with E-state index in [0.717, 1.165) is 41.7 Å². The summed E-state index contributed by atoms with van der Waals surface area (Å²) < 4.78 is 65.9. The van der Waals surface area contributed by atoms with Gasteiger partial charge in [-0.3, -0.25) is 4.79 Å². The van der Waals surface area contributed by atoms with Crippen LogP contribution in [-0.2, 0) is 17.8 Å². The molecule has 1 N–H and O–H groups in total. The molecule has 1 heterocycles. The molecule has 3 aromatic rings. The van der Waals surface area contributed by atoms with Crippen molar-refractivity contribution in [3.63, 3.8) is 0 Å². The number of carbonyl (C=O) groups is 1. The number of hydrogen-bond acceptors (Lipinski definition) is 4. The molecule has 2 aliphatic rings. The number of rotatable bonds is 11. The molecule has 0 bridgehead atoms. The maximum Gasteiger partial charge on any atom is 0.231 e. The molecule has 1 aliphatic carbocycles. The minimum atomic E-state index is -1.33. The zero-order valence-corrected chi connectivity index (χ0v) is 22.8. The summed E-state index contributed by atoms with van der Waals surface area (Å²) in [5, 5.41) is 3.29. The van der Waals surface area contributed by atoms with E-state index < -0.39 is 29.1 Å². The number of aryl methyl sites for hydroxylation is 1. The molecular formula is C32H32F4N2O3. The molecule has 9 heteroatoms. The molecule has 3 aromatic carbocycles. The third-order valence-electron chi connectivity index (χ3n) is 7.50. The fourth-order valence-electron chi connectivity index (χ4n) is 5.11. The van der Waals surface area contributed by atoms with E-state index in [1.165, 1.54) is 13.2 Å². The van der Waals surface area contributed by atoms with Crippen molar-refractivity contribution in [2.45, 2.75) is 38.3 Å². The van der Waals surface area contributed by atoms with Gasteiger partial charge in [0.05, 0.1) is 19.6 Å². The van der Waals surface area contributed by atoms with Crippen molar-refractivity contribution < 1.29 is 31.8 Å². The minimum Gasteiger partial charge on any atom is -0.497 e. The topological polar surface area (TPSA) is 50.8 Å². The first-order chi connectivity index (χ1) is 19.9. The number of carbonyl (C=O) groups excluding carboxylic acids is 1. The number of methoxy groups -OCH3 is 1. The van der Waals surface area contributed by atoms with Crippen LogP contribution in [0.25, 0.3) is 5.57 Å². The minimum absolute atomic E-state index is 0.0251. The monoisotopic (exact) mass is 568 g/mol. The van der Waals surface area contributed by atoms with Crippen molar-refractivity contribution >= 4 is 11.5 Å². The highest BCUT2D eigenvalue weighted by atomic mass is 19.2. The summed E-state index contributed by atoms with van der Waals surface area (Å²) in [5.74, 6) is -4.40. The second-order valence-electron chi connectivity index (χ2n) is 10.3. The first-order valence-electron chi connectivity index (χ1n) is 13.7. The van der Waals surface area contributed by atoms with Crippen LogP contribution in [0.1, 0.15) is 36.0 Å². The maximum absolute atomic E-state index is 14.6. The van der Waals surface area contributed by atoms with Crippen molar-refractivity contribution in [1.82, 2.24) is 10.2 Å². The van der Waals surface area contributed by atoms with Crippen LogP contribution in [0.3, 0.4) is 0 Å². The van der Waals surface area contributed by atoms with E-state index in [4.69, 9.17) is 9.47 Å². The van der Waals surface area contributed by atoms with Crippen LogP contribution in [-0.4, -0.2) is 43.7 Å². The Kier molecular flexibility index (Phi) is 8.93. The number of hydrogen-bond donors (Lipinski definition) is 1. The molecular weight excluding hydrogens is 536 g/mol. The summed E-state index contributed by atoms with van der Waals surface area (Å²) in [6.07, 6.45) is 4.87. The van der Waals surface area contributed by atoms with Crippen molar-refractivity contribution in [2.24, 2.45) is 5.92 Å². The summed E-state index contributed by atoms with van der Waals surface area (Å²) in [5.41, 5.74) is 3.27. The molecule has 0 saturated heterocycles. The lowest BCUT2D eigenvalue weighted by Gasteiger charge is -2.31. The molecule has 0 aromatic heterocycles. The van der Waals surface area contributed by atoms with Gasteiger partial charge in [0, 0.05) is 31.2 Å². The lowest BCUT2D eigenvalue weighted by atomic mass is 9.88. The summed E-state index contributed by atoms with van der Waals surface area (Å²) in [4.78, 5) is 15.7. The first-order valence-corrected chi connectivity index (χ1v) is 13.7. The van der Waals surface area contributed by atoms with E-state index in [1.54, 1.807) is 17.0 Å². The molecule has 0 radical (unpaired) electrons. The molecule has 5 nitrogen and oxygen atoms in total. The van der Waals surface area contributed by atoms with E-state index >= 15 is 0 Å². The van der Waals surface area contributed by atoms with Crippen LogP contribution in [0.4, 0.5) is 17.6 Å². The molecule has 1 saturated carbocycles. The SMILES string of the molecule is COc1ccc(F)c(CN(C(=O)C2CNCC=C2c2ccc(CCCOc3c(F)ccc(F)c3F)cc2)C2CC2)c1. The van der Waals surface area contributed by atoms with E-state index in [-0.39, 0.29) is 30.9 Å². The van der Waals surface area contributed by atoms with Gasteiger partial charge >= 0.3 is 0 Å². The highest BCUT2D eigenvalue weighted by molar-refractivity contribution is 5.93. The number of amides is 1. The number of benzene rings is 3. The Morgan fingerprint density at radius 1 is 0.976 bits per heavy atom. The number of nitrogens with zero attached hydrogens (tertiary/aromatic N) is 1. The zero-order valence-electron chi connectivity index (χ0n) is 22.8. The van der Waals surface area contributed by atoms with Gasteiger partial charge in [-0.1, -0.05) is 30.3 Å². The molecule has 1 amide bonds. The molecule has 41 heavy (non-hydrogen) atoms. The predicted octanol–water partition coefficient (Wildman–Crippen LogP) is 6.06. The summed E-state index contributed by atoms with van der Waals surface area (Å²) in [6, 6.07) is 14.0. The van der Waals surface area contributed by atoms with Crippen molar-refractivity contribution in [1.29, 1.82) is 0 Å². The Balaban J connectivity index is 1.23. The molecule has 0 spiro atoms. The van der Waals surface area contributed by atoms with Gasteiger partial charge in [0.2, 0.25) is 11.7 Å². The smallest absolute Gasteiger partial charge is 0.231 e. The summed E-state index contributed by atoms with van der Waals surface area (Å²) in [7, 11) is 1.53. The lowest BCUT2D eigenvalue weighted by Crippen LogP contribution is -2.43. The maximum atomic E-state index is 14.6. The average molecular weight is 569 g/mol. The number of ether oxygens (including phenoxy) is 2. The van der Waals surface area contributed by atoms with Crippen molar-refractivity contribution in [3.8, 4) is 11.5 Å². The van der Waals surface area contributed by atoms with Gasteiger partial charge in [-0.25, -0.2) is 13.2 Å². The Hall–Kier alpha value is -3.85. The molecule has 1 unspecified atom stereocenters. The fraction of sp³-hybridized carbons (Fsp3) is 0.344. The third-order valence-corrected chi connectivity index (χ3v) is 7.50.